The SMILES string of the molecule is CO/N=C(\C(=O)N[C@@H]1C(=O)N2C(C(=O)O)=C(CSC(=O)c3ccco3)CS[C@H]12)c1csc(N)n1.[Na+]. The van der Waals surface area contributed by atoms with Gasteiger partial charge >= 0.3 is 35.5 Å². The van der Waals surface area contributed by atoms with E-state index in [1.165, 1.54) is 36.6 Å². The minimum Gasteiger partial charge on any atom is -0.477 e. The number of oxime groups is 1. The van der Waals surface area contributed by atoms with Crippen LogP contribution in [0.1, 0.15) is 16.2 Å². The van der Waals surface area contributed by atoms with Crippen LogP contribution in [-0.4, -0.2) is 73.6 Å². The molecule has 178 valence electrons. The Kier molecular flexibility index (Phi) is 9.06. The number of rotatable bonds is 8. The summed E-state index contributed by atoms with van der Waals surface area (Å²) in [5, 5.41) is 16.8. The van der Waals surface area contributed by atoms with Crippen molar-refractivity contribution in [3.63, 3.8) is 0 Å². The Hall–Kier alpha value is -2.30. The van der Waals surface area contributed by atoms with E-state index in [-0.39, 0.29) is 74.2 Å². The zero-order chi connectivity index (χ0) is 24.4. The number of nitrogens with one attached hydrogen (secondary N) is 1. The van der Waals surface area contributed by atoms with E-state index in [9.17, 15) is 24.3 Å². The van der Waals surface area contributed by atoms with Crippen LogP contribution in [0.15, 0.2) is 44.6 Å². The van der Waals surface area contributed by atoms with Gasteiger partial charge in [0.25, 0.3) is 16.9 Å². The van der Waals surface area contributed by atoms with E-state index in [1.54, 1.807) is 6.07 Å². The Labute approximate surface area is 233 Å². The second kappa shape index (κ2) is 11.6. The predicted octanol–water partition coefficient (Wildman–Crippen LogP) is -2.01. The van der Waals surface area contributed by atoms with Crippen molar-refractivity contribution in [2.45, 2.75) is 11.4 Å². The van der Waals surface area contributed by atoms with Gasteiger partial charge in [0.05, 0.1) is 6.26 Å². The van der Waals surface area contributed by atoms with Gasteiger partial charge in [0.2, 0.25) is 0 Å². The maximum Gasteiger partial charge on any atom is 1.00 e. The van der Waals surface area contributed by atoms with Gasteiger partial charge < -0.3 is 25.4 Å². The number of carbonyl (C=O) groups excluding carboxylic acids is 3. The summed E-state index contributed by atoms with van der Waals surface area (Å²) in [6, 6.07) is 2.13. The molecule has 2 amide bonds. The number of amides is 2. The van der Waals surface area contributed by atoms with Gasteiger partial charge in [0, 0.05) is 16.9 Å². The number of thioether (sulfide) groups is 2. The fourth-order valence-electron chi connectivity index (χ4n) is 3.31. The number of aromatic nitrogens is 1. The molecule has 16 heteroatoms. The standard InChI is InChI=1S/C19H17N5O7S3.Na/c1-30-23-11(9-7-34-19(20)21-9)14(25)22-12-15(26)24-13(17(27)28)8(5-32-16(12)24)6-33-18(29)10-3-2-4-31-10;/h2-4,7,12,16H,5-6H2,1H3,(H2,20,21)(H,22,25)(H,27,28);/q;+1/b23-11-;/t12-,16-;/m1./s1. The van der Waals surface area contributed by atoms with Crippen molar-refractivity contribution in [1.29, 1.82) is 0 Å². The molecule has 0 bridgehead atoms. The summed E-state index contributed by atoms with van der Waals surface area (Å²) in [5.41, 5.74) is 5.89. The third-order valence-corrected chi connectivity index (χ3v) is 7.77. The van der Waals surface area contributed by atoms with E-state index in [4.69, 9.17) is 15.0 Å². The molecule has 2 atom stereocenters. The number of carboxylic acids is 1. The first kappa shape index (κ1) is 27.3. The van der Waals surface area contributed by atoms with Crippen LogP contribution >= 0.6 is 34.9 Å². The molecule has 4 rings (SSSR count). The molecule has 0 aliphatic carbocycles. The topological polar surface area (TPSA) is 177 Å². The van der Waals surface area contributed by atoms with Crippen LogP contribution in [0.25, 0.3) is 0 Å². The largest absolute Gasteiger partial charge is 1.00 e. The van der Waals surface area contributed by atoms with Crippen molar-refractivity contribution in [3.8, 4) is 0 Å². The fraction of sp³-hybridized carbons (Fsp3) is 0.263. The van der Waals surface area contributed by atoms with Crippen molar-refractivity contribution < 1.29 is 63.1 Å². The number of β-lactam (4-membered cyclic amide) rings is 1. The van der Waals surface area contributed by atoms with Gasteiger partial charge in [-0.3, -0.25) is 19.3 Å². The Morgan fingerprint density at radius 2 is 2.23 bits per heavy atom. The summed E-state index contributed by atoms with van der Waals surface area (Å²) in [4.78, 5) is 59.6. The van der Waals surface area contributed by atoms with Gasteiger partial charge in [-0.2, -0.15) is 0 Å². The van der Waals surface area contributed by atoms with E-state index in [0.29, 0.717) is 5.57 Å². The number of fused-ring (bicyclic) bond motifs is 1. The number of aliphatic carboxylic acids is 1. The maximum absolute atomic E-state index is 12.8. The Balaban J connectivity index is 0.00000342. The molecular weight excluding hydrogens is 529 g/mol. The number of carbonyl (C=O) groups is 4. The van der Waals surface area contributed by atoms with Crippen LogP contribution in [0.5, 0.6) is 0 Å². The first-order valence-corrected chi connectivity index (χ1v) is 12.5. The van der Waals surface area contributed by atoms with E-state index in [2.05, 4.69) is 15.5 Å². The Morgan fingerprint density at radius 1 is 1.46 bits per heavy atom. The maximum atomic E-state index is 12.8. The van der Waals surface area contributed by atoms with Crippen LogP contribution in [-0.2, 0) is 19.2 Å². The minimum absolute atomic E-state index is 0. The number of nitrogens with two attached hydrogens (primary N) is 1. The zero-order valence-corrected chi connectivity index (χ0v) is 22.9. The molecule has 0 spiro atoms. The molecule has 0 saturated carbocycles. The van der Waals surface area contributed by atoms with Crippen LogP contribution in [0.3, 0.4) is 0 Å². The van der Waals surface area contributed by atoms with E-state index in [0.717, 1.165) is 28.0 Å². The number of carboxylic acid groups (broad SMARTS) is 1. The molecule has 0 aromatic carbocycles. The molecule has 0 unspecified atom stereocenters. The second-order valence-electron chi connectivity index (χ2n) is 6.87. The average Bonchev–Trinajstić information content (AvgIpc) is 3.50. The van der Waals surface area contributed by atoms with E-state index in [1.807, 2.05) is 0 Å². The van der Waals surface area contributed by atoms with Crippen molar-refractivity contribution in [1.82, 2.24) is 15.2 Å². The van der Waals surface area contributed by atoms with Crippen molar-refractivity contribution in [3.05, 3.63) is 46.5 Å². The van der Waals surface area contributed by atoms with E-state index < -0.39 is 29.2 Å². The molecule has 1 fully saturated rings. The first-order valence-electron chi connectivity index (χ1n) is 9.55. The Morgan fingerprint density at radius 3 is 2.83 bits per heavy atom. The summed E-state index contributed by atoms with van der Waals surface area (Å²) in [6.07, 6.45) is 1.37. The molecule has 0 radical (unpaired) electrons. The summed E-state index contributed by atoms with van der Waals surface area (Å²) < 4.78 is 5.05. The fourth-order valence-corrected chi connectivity index (χ4v) is 6.14. The van der Waals surface area contributed by atoms with Crippen molar-refractivity contribution >= 4 is 68.6 Å². The molecule has 2 aromatic heterocycles. The van der Waals surface area contributed by atoms with Crippen LogP contribution in [0, 0.1) is 0 Å². The minimum atomic E-state index is -1.29. The van der Waals surface area contributed by atoms with Gasteiger partial charge in [-0.25, -0.2) is 9.78 Å². The second-order valence-corrected chi connectivity index (χ2v) is 9.81. The summed E-state index contributed by atoms with van der Waals surface area (Å²) >= 11 is 3.29. The Bertz CT molecular complexity index is 1210. The van der Waals surface area contributed by atoms with Gasteiger partial charge in [-0.15, -0.1) is 23.1 Å². The smallest absolute Gasteiger partial charge is 0.477 e. The monoisotopic (exact) mass is 546 g/mol. The quantitative estimate of drug-likeness (QED) is 0.144. The number of nitrogens with zero attached hydrogens (tertiary/aromatic N) is 3. The number of hydrogen-bond acceptors (Lipinski definition) is 12. The molecular formula is C19H17N5NaO7S3+. The van der Waals surface area contributed by atoms with Gasteiger partial charge in [-0.1, -0.05) is 16.9 Å². The van der Waals surface area contributed by atoms with Crippen LogP contribution in [0.2, 0.25) is 0 Å². The normalized spacial score (nSPS) is 19.4. The van der Waals surface area contributed by atoms with Gasteiger partial charge in [0.15, 0.2) is 16.6 Å². The van der Waals surface area contributed by atoms with E-state index >= 15 is 0 Å². The number of nitrogen functional groups attached to an aromatic ring is 1. The molecule has 2 aromatic rings. The molecule has 12 nitrogen and oxygen atoms in total. The summed E-state index contributed by atoms with van der Waals surface area (Å²) in [7, 11) is 1.26. The zero-order valence-electron chi connectivity index (χ0n) is 18.4. The molecule has 35 heavy (non-hydrogen) atoms. The van der Waals surface area contributed by atoms with Crippen molar-refractivity contribution in [2.75, 3.05) is 24.3 Å². The molecule has 1 saturated heterocycles. The third kappa shape index (κ3) is 5.59. The molecule has 2 aliphatic rings. The average molecular weight is 547 g/mol. The van der Waals surface area contributed by atoms with Gasteiger partial charge in [0.1, 0.15) is 29.9 Å². The molecule has 4 N–H and O–H groups in total. The summed E-state index contributed by atoms with van der Waals surface area (Å²) in [5.74, 6) is -2.08. The number of furan rings is 1. The number of hydrogen-bond donors (Lipinski definition) is 3. The van der Waals surface area contributed by atoms with Crippen molar-refractivity contribution in [2.24, 2.45) is 5.16 Å². The first-order chi connectivity index (χ1) is 16.3. The third-order valence-electron chi connectivity index (χ3n) is 4.80. The number of anilines is 1. The van der Waals surface area contributed by atoms with Crippen LogP contribution < -0.4 is 40.6 Å². The molecule has 2 aliphatic heterocycles. The molecule has 4 heterocycles. The van der Waals surface area contributed by atoms with Crippen LogP contribution in [0.4, 0.5) is 5.13 Å². The number of thiazole rings is 1. The van der Waals surface area contributed by atoms with Gasteiger partial charge in [-0.05, 0) is 17.7 Å². The predicted molar refractivity (Wildman–Crippen MR) is 125 cm³/mol. The summed E-state index contributed by atoms with van der Waals surface area (Å²) in [6.45, 7) is 0.